The molecule has 1 aromatic heterocycles. The standard InChI is InChI=1S/C13H12N4OS/c1-2-19-13-15-11(12(18)16-13)6-8-3-4-10-9(5-8)7-14-17-10/h3-7,18H,2H2,1H3,(H,15,16)/b8-6+. The van der Waals surface area contributed by atoms with Crippen LogP contribution in [0, 0.1) is 0 Å². The van der Waals surface area contributed by atoms with Gasteiger partial charge in [0.05, 0.1) is 11.6 Å². The highest BCUT2D eigenvalue weighted by Gasteiger charge is 2.06. The average molecular weight is 272 g/mol. The number of nitrogens with zero attached hydrogens (tertiary/aromatic N) is 3. The van der Waals surface area contributed by atoms with Crippen molar-refractivity contribution in [3.8, 4) is 5.88 Å². The van der Waals surface area contributed by atoms with Crippen LogP contribution in [0.15, 0.2) is 33.6 Å². The highest BCUT2D eigenvalue weighted by atomic mass is 32.2. The molecule has 2 heterocycles. The van der Waals surface area contributed by atoms with Crippen molar-refractivity contribution in [1.82, 2.24) is 9.97 Å². The van der Waals surface area contributed by atoms with E-state index >= 15 is 0 Å². The van der Waals surface area contributed by atoms with Gasteiger partial charge in [0.25, 0.3) is 0 Å². The molecule has 0 saturated heterocycles. The Hall–Kier alpha value is -2.08. The number of rotatable bonds is 3. The fraction of sp³-hybridized carbons (Fsp3) is 0.154. The molecule has 0 radical (unpaired) electrons. The molecule has 0 atom stereocenters. The Morgan fingerprint density at radius 3 is 3.16 bits per heavy atom. The van der Waals surface area contributed by atoms with Gasteiger partial charge in [-0.15, -0.1) is 0 Å². The van der Waals surface area contributed by atoms with E-state index in [-0.39, 0.29) is 5.88 Å². The Bertz CT molecular complexity index is 763. The van der Waals surface area contributed by atoms with Crippen LogP contribution in [-0.4, -0.2) is 27.0 Å². The van der Waals surface area contributed by atoms with Gasteiger partial charge in [-0.1, -0.05) is 24.8 Å². The van der Waals surface area contributed by atoms with E-state index in [0.29, 0.717) is 5.69 Å². The molecule has 0 bridgehead atoms. The molecule has 0 saturated carbocycles. The summed E-state index contributed by atoms with van der Waals surface area (Å²) in [5, 5.41) is 20.2. The van der Waals surface area contributed by atoms with Crippen LogP contribution >= 0.6 is 11.8 Å². The van der Waals surface area contributed by atoms with Crippen molar-refractivity contribution in [2.24, 2.45) is 10.2 Å². The van der Waals surface area contributed by atoms with Gasteiger partial charge in [-0.05, 0) is 29.2 Å². The minimum Gasteiger partial charge on any atom is -0.492 e. The molecule has 1 aliphatic heterocycles. The molecule has 96 valence electrons. The van der Waals surface area contributed by atoms with Gasteiger partial charge in [-0.3, -0.25) is 0 Å². The summed E-state index contributed by atoms with van der Waals surface area (Å²) >= 11 is 1.56. The van der Waals surface area contributed by atoms with Crippen LogP contribution in [0.2, 0.25) is 0 Å². The lowest BCUT2D eigenvalue weighted by atomic mass is 10.2. The molecule has 1 aliphatic rings. The molecule has 0 spiro atoms. The number of imidazole rings is 1. The second-order valence-electron chi connectivity index (χ2n) is 4.02. The van der Waals surface area contributed by atoms with Gasteiger partial charge in [0, 0.05) is 5.56 Å². The number of aromatic amines is 1. The fourth-order valence-electron chi connectivity index (χ4n) is 1.84. The highest BCUT2D eigenvalue weighted by Crippen LogP contribution is 2.21. The van der Waals surface area contributed by atoms with Crippen molar-refractivity contribution in [2.45, 2.75) is 12.1 Å². The number of benzene rings is 1. The van der Waals surface area contributed by atoms with Crippen molar-refractivity contribution in [1.29, 1.82) is 0 Å². The Kier molecular flexibility index (Phi) is 3.08. The molecule has 0 fully saturated rings. The summed E-state index contributed by atoms with van der Waals surface area (Å²) in [5.74, 6) is 0.929. The van der Waals surface area contributed by atoms with Crippen LogP contribution in [0.5, 0.6) is 5.88 Å². The summed E-state index contributed by atoms with van der Waals surface area (Å²) in [6.45, 7) is 2.04. The zero-order valence-corrected chi connectivity index (χ0v) is 11.1. The number of aromatic nitrogens is 2. The second kappa shape index (κ2) is 4.89. The van der Waals surface area contributed by atoms with Gasteiger partial charge in [0.2, 0.25) is 5.88 Å². The second-order valence-corrected chi connectivity index (χ2v) is 5.27. The molecule has 0 aliphatic carbocycles. The zero-order chi connectivity index (χ0) is 13.2. The lowest BCUT2D eigenvalue weighted by molar-refractivity contribution is 0.453. The minimum absolute atomic E-state index is 0.0230. The summed E-state index contributed by atoms with van der Waals surface area (Å²) in [4.78, 5) is 7.14. The molecule has 2 aromatic rings. The van der Waals surface area contributed by atoms with E-state index in [0.717, 1.165) is 27.0 Å². The third-order valence-electron chi connectivity index (χ3n) is 2.70. The van der Waals surface area contributed by atoms with E-state index in [1.165, 1.54) is 0 Å². The van der Waals surface area contributed by atoms with Crippen LogP contribution in [-0.2, 0) is 0 Å². The molecular formula is C13H12N4OS. The number of fused-ring (bicyclic) bond motifs is 1. The normalized spacial score (nSPS) is 13.6. The minimum atomic E-state index is 0.0230. The molecule has 19 heavy (non-hydrogen) atoms. The summed E-state index contributed by atoms with van der Waals surface area (Å²) in [6.07, 6.45) is 3.58. The van der Waals surface area contributed by atoms with Gasteiger partial charge in [0.15, 0.2) is 5.16 Å². The summed E-state index contributed by atoms with van der Waals surface area (Å²) < 4.78 is 0. The maximum absolute atomic E-state index is 9.78. The Labute approximate surface area is 113 Å². The number of aromatic hydroxyl groups is 1. The highest BCUT2D eigenvalue weighted by molar-refractivity contribution is 7.99. The Balaban J connectivity index is 2.02. The third kappa shape index (κ3) is 2.39. The quantitative estimate of drug-likeness (QED) is 0.819. The van der Waals surface area contributed by atoms with Crippen LogP contribution in [0.25, 0.3) is 6.08 Å². The number of H-pyrrole nitrogens is 1. The van der Waals surface area contributed by atoms with E-state index in [2.05, 4.69) is 20.2 Å². The molecule has 1 aromatic carbocycles. The van der Waals surface area contributed by atoms with Crippen molar-refractivity contribution < 1.29 is 5.11 Å². The first kappa shape index (κ1) is 12.0. The van der Waals surface area contributed by atoms with E-state index in [9.17, 15) is 5.11 Å². The number of hydrogen-bond acceptors (Lipinski definition) is 5. The molecule has 3 rings (SSSR count). The number of hydrogen-bond donors (Lipinski definition) is 2. The smallest absolute Gasteiger partial charge is 0.237 e. The number of nitrogens with one attached hydrogen (secondary N) is 1. The van der Waals surface area contributed by atoms with E-state index < -0.39 is 0 Å². The lowest BCUT2D eigenvalue weighted by Gasteiger charge is -1.91. The predicted molar refractivity (Wildman–Crippen MR) is 75.0 cm³/mol. The fourth-order valence-corrected chi connectivity index (χ4v) is 2.44. The van der Waals surface area contributed by atoms with Crippen LogP contribution in [0.3, 0.4) is 0 Å². The van der Waals surface area contributed by atoms with Gasteiger partial charge in [0.1, 0.15) is 5.69 Å². The van der Waals surface area contributed by atoms with E-state index in [4.69, 9.17) is 0 Å². The molecular weight excluding hydrogens is 260 g/mol. The van der Waals surface area contributed by atoms with Gasteiger partial charge in [-0.25, -0.2) is 0 Å². The third-order valence-corrected chi connectivity index (χ3v) is 3.45. The van der Waals surface area contributed by atoms with Gasteiger partial charge in [-0.2, -0.15) is 15.2 Å². The van der Waals surface area contributed by atoms with E-state index in [1.54, 1.807) is 18.0 Å². The predicted octanol–water partition coefficient (Wildman–Crippen LogP) is 1.02. The summed E-state index contributed by atoms with van der Waals surface area (Å²) in [7, 11) is 0. The van der Waals surface area contributed by atoms with Gasteiger partial charge >= 0.3 is 0 Å². The van der Waals surface area contributed by atoms with Crippen molar-refractivity contribution >= 4 is 24.1 Å². The average Bonchev–Trinajstić information content (AvgIpc) is 2.97. The SMILES string of the molecule is CCSc1nc(O)c(/C=c2\ccc3c(c2)C=NN=3)[nH]1. The van der Waals surface area contributed by atoms with Crippen molar-refractivity contribution in [2.75, 3.05) is 5.75 Å². The zero-order valence-electron chi connectivity index (χ0n) is 10.3. The van der Waals surface area contributed by atoms with E-state index in [1.807, 2.05) is 31.2 Å². The Morgan fingerprint density at radius 1 is 1.42 bits per heavy atom. The topological polar surface area (TPSA) is 73.6 Å². The molecule has 6 heteroatoms. The first-order valence-corrected chi connectivity index (χ1v) is 6.89. The monoisotopic (exact) mass is 272 g/mol. The molecule has 5 nitrogen and oxygen atoms in total. The van der Waals surface area contributed by atoms with Crippen molar-refractivity contribution in [3.63, 3.8) is 0 Å². The van der Waals surface area contributed by atoms with Crippen molar-refractivity contribution in [3.05, 3.63) is 40.0 Å². The largest absolute Gasteiger partial charge is 0.492 e. The Morgan fingerprint density at radius 2 is 2.32 bits per heavy atom. The molecule has 2 N–H and O–H groups in total. The molecule has 0 unspecified atom stereocenters. The van der Waals surface area contributed by atoms with Gasteiger partial charge < -0.3 is 10.1 Å². The van der Waals surface area contributed by atoms with Crippen LogP contribution in [0.1, 0.15) is 18.2 Å². The lowest BCUT2D eigenvalue weighted by Crippen LogP contribution is -2.11. The first-order chi connectivity index (χ1) is 9.26. The first-order valence-electron chi connectivity index (χ1n) is 5.91. The summed E-state index contributed by atoms with van der Waals surface area (Å²) in [5.41, 5.74) is 1.60. The maximum Gasteiger partial charge on any atom is 0.237 e. The maximum atomic E-state index is 9.78. The van der Waals surface area contributed by atoms with Crippen LogP contribution < -0.4 is 10.6 Å². The summed E-state index contributed by atoms with van der Waals surface area (Å²) in [6, 6.07) is 5.81. The molecule has 0 amide bonds. The number of thioether (sulfide) groups is 1. The van der Waals surface area contributed by atoms with Crippen LogP contribution in [0.4, 0.5) is 0 Å².